The number of amides is 2. The van der Waals surface area contributed by atoms with Crippen molar-refractivity contribution in [3.63, 3.8) is 0 Å². The number of carbonyl (C=O) groups excluding carboxylic acids is 2. The highest BCUT2D eigenvalue weighted by molar-refractivity contribution is 8.00. The first-order chi connectivity index (χ1) is 11.6. The Bertz CT molecular complexity index is 883. The molecule has 0 atom stereocenters. The third-order valence-electron chi connectivity index (χ3n) is 3.34. The van der Waals surface area contributed by atoms with Gasteiger partial charge in [-0.15, -0.1) is 0 Å². The number of anilines is 1. The van der Waals surface area contributed by atoms with Crippen LogP contribution in [0.3, 0.4) is 0 Å². The van der Waals surface area contributed by atoms with Gasteiger partial charge in [0.1, 0.15) is 0 Å². The SMILES string of the molecule is O=C1c2ccccc2C(=O)N1c1c(Cl)cc(SC(F)(F)F)c(Cl)c1Cl. The Kier molecular flexibility index (Phi) is 4.70. The quantitative estimate of drug-likeness (QED) is 0.333. The first-order valence-electron chi connectivity index (χ1n) is 6.53. The molecule has 0 aliphatic carbocycles. The molecule has 0 saturated carbocycles. The van der Waals surface area contributed by atoms with E-state index in [1.807, 2.05) is 0 Å². The van der Waals surface area contributed by atoms with E-state index < -0.39 is 44.0 Å². The van der Waals surface area contributed by atoms with E-state index in [2.05, 4.69) is 0 Å². The van der Waals surface area contributed by atoms with Crippen LogP contribution in [0.15, 0.2) is 35.2 Å². The van der Waals surface area contributed by atoms with Crippen LogP contribution in [0.2, 0.25) is 15.1 Å². The summed E-state index contributed by atoms with van der Waals surface area (Å²) in [6, 6.07) is 6.98. The fraction of sp³-hybridized carbons (Fsp3) is 0.0667. The number of halogens is 6. The number of thioether (sulfide) groups is 1. The van der Waals surface area contributed by atoms with Gasteiger partial charge in [0.05, 0.1) is 31.9 Å². The Morgan fingerprint density at radius 2 is 1.44 bits per heavy atom. The van der Waals surface area contributed by atoms with Gasteiger partial charge in [-0.2, -0.15) is 13.2 Å². The smallest absolute Gasteiger partial charge is 0.268 e. The molecule has 0 unspecified atom stereocenters. The van der Waals surface area contributed by atoms with E-state index in [4.69, 9.17) is 34.8 Å². The van der Waals surface area contributed by atoms with Crippen molar-refractivity contribution in [1.82, 2.24) is 0 Å². The van der Waals surface area contributed by atoms with E-state index in [9.17, 15) is 22.8 Å². The standard InChI is InChI=1S/C15H5Cl3F3NO2S/c16-8-5-9(25-15(19,20)21)10(17)11(18)12(8)22-13(23)6-3-1-2-4-7(6)14(22)24/h1-5H. The maximum atomic E-state index is 12.6. The highest BCUT2D eigenvalue weighted by atomic mass is 35.5. The zero-order valence-electron chi connectivity index (χ0n) is 11.8. The highest BCUT2D eigenvalue weighted by Gasteiger charge is 2.40. The van der Waals surface area contributed by atoms with E-state index in [-0.39, 0.29) is 21.8 Å². The molecule has 2 aromatic carbocycles. The average molecular weight is 427 g/mol. The van der Waals surface area contributed by atoms with Gasteiger partial charge < -0.3 is 0 Å². The summed E-state index contributed by atoms with van der Waals surface area (Å²) in [7, 11) is 0. The number of imide groups is 1. The summed E-state index contributed by atoms with van der Waals surface area (Å²) in [6.45, 7) is 0. The minimum absolute atomic E-state index is 0.143. The molecular weight excluding hydrogens is 422 g/mol. The van der Waals surface area contributed by atoms with Crippen LogP contribution in [0.5, 0.6) is 0 Å². The maximum Gasteiger partial charge on any atom is 0.446 e. The molecule has 0 N–H and O–H groups in total. The van der Waals surface area contributed by atoms with Gasteiger partial charge in [0, 0.05) is 4.90 Å². The summed E-state index contributed by atoms with van der Waals surface area (Å²) in [6.07, 6.45) is 0. The first kappa shape index (κ1) is 18.4. The van der Waals surface area contributed by atoms with Crippen molar-refractivity contribution in [3.05, 3.63) is 56.5 Å². The molecular formula is C15H5Cl3F3NO2S. The molecule has 3 rings (SSSR count). The fourth-order valence-corrected chi connectivity index (χ4v) is 3.98. The first-order valence-corrected chi connectivity index (χ1v) is 8.48. The van der Waals surface area contributed by atoms with Gasteiger partial charge in [0.2, 0.25) is 0 Å². The Labute approximate surface area is 158 Å². The van der Waals surface area contributed by atoms with Crippen LogP contribution in [-0.2, 0) is 0 Å². The van der Waals surface area contributed by atoms with Crippen molar-refractivity contribution in [2.24, 2.45) is 0 Å². The predicted octanol–water partition coefficient (Wildman–Crippen LogP) is 6.06. The van der Waals surface area contributed by atoms with Crippen molar-refractivity contribution in [1.29, 1.82) is 0 Å². The lowest BCUT2D eigenvalue weighted by atomic mass is 10.1. The molecule has 1 aliphatic heterocycles. The lowest BCUT2D eigenvalue weighted by Gasteiger charge is -2.20. The van der Waals surface area contributed by atoms with Crippen LogP contribution >= 0.6 is 46.6 Å². The van der Waals surface area contributed by atoms with E-state index in [1.165, 1.54) is 12.1 Å². The van der Waals surface area contributed by atoms with E-state index in [0.29, 0.717) is 4.90 Å². The zero-order valence-corrected chi connectivity index (χ0v) is 14.9. The highest BCUT2D eigenvalue weighted by Crippen LogP contribution is 2.49. The molecule has 10 heteroatoms. The lowest BCUT2D eigenvalue weighted by molar-refractivity contribution is -0.0328. The Balaban J connectivity index is 2.12. The third-order valence-corrected chi connectivity index (χ3v) is 5.38. The molecule has 2 amide bonds. The molecule has 1 heterocycles. The van der Waals surface area contributed by atoms with Crippen LogP contribution in [0.4, 0.5) is 18.9 Å². The van der Waals surface area contributed by atoms with Gasteiger partial charge in [0.25, 0.3) is 11.8 Å². The Morgan fingerprint density at radius 3 is 1.92 bits per heavy atom. The molecule has 1 aliphatic rings. The summed E-state index contributed by atoms with van der Waals surface area (Å²) < 4.78 is 37.8. The second kappa shape index (κ2) is 6.39. The summed E-state index contributed by atoms with van der Waals surface area (Å²) in [5.74, 6) is -1.37. The van der Waals surface area contributed by atoms with Gasteiger partial charge in [-0.25, -0.2) is 4.90 Å². The van der Waals surface area contributed by atoms with Gasteiger partial charge in [-0.05, 0) is 30.0 Å². The number of hydrogen-bond donors (Lipinski definition) is 0. The number of fused-ring (bicyclic) bond motifs is 1. The van der Waals surface area contributed by atoms with Gasteiger partial charge in [-0.3, -0.25) is 9.59 Å². The largest absolute Gasteiger partial charge is 0.446 e. The molecule has 2 aromatic rings. The normalized spacial score (nSPS) is 14.2. The minimum atomic E-state index is -4.60. The molecule has 130 valence electrons. The number of hydrogen-bond acceptors (Lipinski definition) is 3. The predicted molar refractivity (Wildman–Crippen MR) is 91.0 cm³/mol. The van der Waals surface area contributed by atoms with Gasteiger partial charge in [-0.1, -0.05) is 46.9 Å². The molecule has 0 saturated heterocycles. The van der Waals surface area contributed by atoms with Crippen molar-refractivity contribution in [2.75, 3.05) is 4.90 Å². The molecule has 0 bridgehead atoms. The van der Waals surface area contributed by atoms with E-state index in [0.717, 1.165) is 6.07 Å². The van der Waals surface area contributed by atoms with Crippen LogP contribution in [-0.4, -0.2) is 17.3 Å². The molecule has 3 nitrogen and oxygen atoms in total. The summed E-state index contributed by atoms with van der Waals surface area (Å²) in [5.41, 5.74) is -4.56. The van der Waals surface area contributed by atoms with Crippen LogP contribution in [0.1, 0.15) is 20.7 Å². The van der Waals surface area contributed by atoms with Gasteiger partial charge >= 0.3 is 5.51 Å². The number of alkyl halides is 3. The number of rotatable bonds is 2. The second-order valence-electron chi connectivity index (χ2n) is 4.87. The monoisotopic (exact) mass is 425 g/mol. The number of benzene rings is 2. The van der Waals surface area contributed by atoms with Gasteiger partial charge in [0.15, 0.2) is 0 Å². The lowest BCUT2D eigenvalue weighted by Crippen LogP contribution is -2.30. The summed E-state index contributed by atoms with van der Waals surface area (Å²) >= 11 is 17.5. The van der Waals surface area contributed by atoms with Crippen LogP contribution < -0.4 is 4.90 Å². The summed E-state index contributed by atoms with van der Waals surface area (Å²) in [5, 5.41) is -1.15. The zero-order chi connectivity index (χ0) is 18.5. The number of carbonyl (C=O) groups is 2. The average Bonchev–Trinajstić information content (AvgIpc) is 2.77. The molecule has 0 fully saturated rings. The molecule has 0 aromatic heterocycles. The van der Waals surface area contributed by atoms with Crippen molar-refractivity contribution < 1.29 is 22.8 Å². The Hall–Kier alpha value is -1.41. The molecule has 25 heavy (non-hydrogen) atoms. The van der Waals surface area contributed by atoms with Crippen LogP contribution in [0, 0.1) is 0 Å². The van der Waals surface area contributed by atoms with Crippen molar-refractivity contribution in [3.8, 4) is 0 Å². The fourth-order valence-electron chi connectivity index (χ4n) is 2.36. The topological polar surface area (TPSA) is 37.4 Å². The van der Waals surface area contributed by atoms with Crippen LogP contribution in [0.25, 0.3) is 0 Å². The molecule has 0 radical (unpaired) electrons. The Morgan fingerprint density at radius 1 is 0.920 bits per heavy atom. The molecule has 0 spiro atoms. The van der Waals surface area contributed by atoms with E-state index in [1.54, 1.807) is 12.1 Å². The third kappa shape index (κ3) is 3.21. The minimum Gasteiger partial charge on any atom is -0.268 e. The maximum absolute atomic E-state index is 12.6. The van der Waals surface area contributed by atoms with E-state index >= 15 is 0 Å². The number of nitrogens with zero attached hydrogens (tertiary/aromatic N) is 1. The second-order valence-corrected chi connectivity index (χ2v) is 7.14. The van der Waals surface area contributed by atoms with Crippen molar-refractivity contribution >= 4 is 64.1 Å². The summed E-state index contributed by atoms with van der Waals surface area (Å²) in [4.78, 5) is 25.3. The van der Waals surface area contributed by atoms with Crippen molar-refractivity contribution in [2.45, 2.75) is 10.4 Å².